The largest absolute Gasteiger partial charge is 0.462 e. The van der Waals surface area contributed by atoms with Gasteiger partial charge < -0.3 is 14.2 Å². The van der Waals surface area contributed by atoms with Crippen LogP contribution in [0.2, 0.25) is 0 Å². The van der Waals surface area contributed by atoms with E-state index in [0.29, 0.717) is 19.3 Å². The molecule has 1 unspecified atom stereocenters. The van der Waals surface area contributed by atoms with Crippen molar-refractivity contribution in [2.75, 3.05) is 13.2 Å². The summed E-state index contributed by atoms with van der Waals surface area (Å²) >= 11 is 0. The summed E-state index contributed by atoms with van der Waals surface area (Å²) in [6.45, 7) is 6.37. The zero-order chi connectivity index (χ0) is 56.4. The average molecular weight is 1080 g/mol. The minimum Gasteiger partial charge on any atom is -0.462 e. The highest BCUT2D eigenvalue weighted by atomic mass is 16.6. The molecule has 1 atom stereocenters. The average Bonchev–Trinajstić information content (AvgIpc) is 3.44. The van der Waals surface area contributed by atoms with E-state index in [0.717, 1.165) is 154 Å². The Kier molecular flexibility index (Phi) is 60.9. The van der Waals surface area contributed by atoms with Crippen LogP contribution in [0.3, 0.4) is 0 Å². The van der Waals surface area contributed by atoms with Gasteiger partial charge >= 0.3 is 17.9 Å². The molecule has 6 heteroatoms. The van der Waals surface area contributed by atoms with Crippen LogP contribution in [0, 0.1) is 0 Å². The molecule has 0 fully saturated rings. The van der Waals surface area contributed by atoms with Crippen molar-refractivity contribution in [1.29, 1.82) is 0 Å². The van der Waals surface area contributed by atoms with Crippen LogP contribution in [0.1, 0.15) is 271 Å². The Morgan fingerprint density at radius 3 is 0.782 bits per heavy atom. The smallest absolute Gasteiger partial charge is 0.306 e. The maximum Gasteiger partial charge on any atom is 0.306 e. The Morgan fingerprint density at radius 1 is 0.269 bits per heavy atom. The summed E-state index contributed by atoms with van der Waals surface area (Å²) in [5, 5.41) is 0. The van der Waals surface area contributed by atoms with Crippen LogP contribution in [0.25, 0.3) is 0 Å². The molecule has 0 aromatic rings. The molecule has 440 valence electrons. The SMILES string of the molecule is CC/C=C\C/C=C\C/C=C\C/C=C\C/C=C\C/C=C\C/C=C\C/C=C\CCCCCCCCCCC(=O)OCC(COC(=O)CCCCCCCCCCCC)OC(=O)CCCCCC/C=C\C/C=C\C/C=C\C/C=C\CC. The first-order chi connectivity index (χ1) is 38.5. The van der Waals surface area contributed by atoms with E-state index in [4.69, 9.17) is 14.2 Å². The fourth-order valence-corrected chi connectivity index (χ4v) is 8.39. The maximum atomic E-state index is 12.9. The molecule has 0 bridgehead atoms. The minimum atomic E-state index is -0.798. The summed E-state index contributed by atoms with van der Waals surface area (Å²) in [5.41, 5.74) is 0. The molecular weight excluding hydrogens is 961 g/mol. The lowest BCUT2D eigenvalue weighted by Crippen LogP contribution is -2.30. The molecule has 0 saturated carbocycles. The van der Waals surface area contributed by atoms with Gasteiger partial charge in [0.05, 0.1) is 0 Å². The molecule has 0 aromatic heterocycles. The number of hydrogen-bond donors (Lipinski definition) is 0. The van der Waals surface area contributed by atoms with Gasteiger partial charge in [0, 0.05) is 19.3 Å². The van der Waals surface area contributed by atoms with Gasteiger partial charge in [-0.15, -0.1) is 0 Å². The van der Waals surface area contributed by atoms with Crippen LogP contribution in [0.4, 0.5) is 0 Å². The van der Waals surface area contributed by atoms with Crippen LogP contribution in [0.15, 0.2) is 146 Å². The molecule has 0 saturated heterocycles. The van der Waals surface area contributed by atoms with Gasteiger partial charge in [0.25, 0.3) is 0 Å². The standard InChI is InChI=1S/C72H116O6/c1-4-7-10-13-16-19-22-24-26-28-29-30-31-32-33-34-35-36-37-38-39-40-41-42-43-45-46-48-50-53-56-59-62-65-71(74)77-68-69(67-76-70(73)64-61-58-55-52-21-18-15-12-9-6-3)78-72(75)66-63-60-57-54-51-49-47-44-27-25-23-20-17-14-11-8-5-2/h7-8,10-11,16-17,19-20,24-27,29-30,32-33,35-36,38-39,41-42,47,49,69H,4-6,9,12-15,18,21-23,28,31,34,37,40,43-46,48,50-68H2,1-3H3/b10-7-,11-8-,19-16-,20-17-,26-24-,27-25-,30-29-,33-32-,36-35-,39-38-,42-41-,49-47-. The first kappa shape index (κ1) is 73.3. The molecule has 0 spiro atoms. The second-order valence-corrected chi connectivity index (χ2v) is 20.6. The van der Waals surface area contributed by atoms with E-state index in [-0.39, 0.29) is 31.1 Å². The van der Waals surface area contributed by atoms with Gasteiger partial charge in [0.15, 0.2) is 6.10 Å². The third kappa shape index (κ3) is 62.1. The summed E-state index contributed by atoms with van der Waals surface area (Å²) in [5.74, 6) is -0.928. The van der Waals surface area contributed by atoms with E-state index >= 15 is 0 Å². The molecule has 0 N–H and O–H groups in total. The zero-order valence-corrected chi connectivity index (χ0v) is 50.4. The van der Waals surface area contributed by atoms with E-state index in [1.807, 2.05) is 0 Å². The molecule has 0 aliphatic carbocycles. The Labute approximate surface area is 480 Å². The highest BCUT2D eigenvalue weighted by Crippen LogP contribution is 2.15. The van der Waals surface area contributed by atoms with Crippen molar-refractivity contribution < 1.29 is 28.6 Å². The predicted molar refractivity (Wildman–Crippen MR) is 339 cm³/mol. The third-order valence-electron chi connectivity index (χ3n) is 13.1. The molecule has 0 rings (SSSR count). The molecule has 0 aliphatic heterocycles. The minimum absolute atomic E-state index is 0.0928. The van der Waals surface area contributed by atoms with Gasteiger partial charge in [-0.3, -0.25) is 14.4 Å². The van der Waals surface area contributed by atoms with E-state index in [1.165, 1.54) is 77.0 Å². The maximum absolute atomic E-state index is 12.9. The number of rotatable bonds is 56. The number of carbonyl (C=O) groups excluding carboxylic acids is 3. The second kappa shape index (κ2) is 64.8. The summed E-state index contributed by atoms with van der Waals surface area (Å²) < 4.78 is 16.8. The Morgan fingerprint density at radius 2 is 0.500 bits per heavy atom. The number of ether oxygens (including phenoxy) is 3. The van der Waals surface area contributed by atoms with Crippen molar-refractivity contribution in [1.82, 2.24) is 0 Å². The summed E-state index contributed by atoms with van der Waals surface area (Å²) in [4.78, 5) is 38.2. The number of carbonyl (C=O) groups is 3. The molecule has 0 aliphatic rings. The molecule has 0 radical (unpaired) electrons. The normalized spacial score (nSPS) is 13.1. The van der Waals surface area contributed by atoms with Crippen LogP contribution in [-0.4, -0.2) is 37.2 Å². The Bertz CT molecular complexity index is 1710. The fourth-order valence-electron chi connectivity index (χ4n) is 8.39. The van der Waals surface area contributed by atoms with Crippen molar-refractivity contribution in [2.24, 2.45) is 0 Å². The quantitative estimate of drug-likeness (QED) is 0.0261. The molecule has 0 amide bonds. The number of unbranched alkanes of at least 4 members (excludes halogenated alkanes) is 21. The molecule has 0 heterocycles. The molecular formula is C72H116O6. The van der Waals surface area contributed by atoms with Crippen LogP contribution < -0.4 is 0 Å². The van der Waals surface area contributed by atoms with Crippen molar-refractivity contribution in [3.05, 3.63) is 146 Å². The lowest BCUT2D eigenvalue weighted by molar-refractivity contribution is -0.167. The van der Waals surface area contributed by atoms with Crippen LogP contribution >= 0.6 is 0 Å². The summed E-state index contributed by atoms with van der Waals surface area (Å²) in [7, 11) is 0. The number of esters is 3. The molecule has 0 aromatic carbocycles. The fraction of sp³-hybridized carbons (Fsp3) is 0.625. The number of allylic oxidation sites excluding steroid dienone is 24. The highest BCUT2D eigenvalue weighted by Gasteiger charge is 2.19. The molecule has 78 heavy (non-hydrogen) atoms. The van der Waals surface area contributed by atoms with Crippen molar-refractivity contribution in [3.8, 4) is 0 Å². The predicted octanol–water partition coefficient (Wildman–Crippen LogP) is 21.9. The van der Waals surface area contributed by atoms with E-state index in [9.17, 15) is 14.4 Å². The van der Waals surface area contributed by atoms with Gasteiger partial charge in [-0.05, 0) is 122 Å². The highest BCUT2D eigenvalue weighted by molar-refractivity contribution is 5.71. The third-order valence-corrected chi connectivity index (χ3v) is 13.1. The molecule has 6 nitrogen and oxygen atoms in total. The summed E-state index contributed by atoms with van der Waals surface area (Å²) in [6.07, 6.45) is 92.9. The Balaban J connectivity index is 4.27. The number of hydrogen-bond acceptors (Lipinski definition) is 6. The van der Waals surface area contributed by atoms with E-state index in [2.05, 4.69) is 167 Å². The van der Waals surface area contributed by atoms with Crippen molar-refractivity contribution in [2.45, 2.75) is 277 Å². The first-order valence-electron chi connectivity index (χ1n) is 31.8. The van der Waals surface area contributed by atoms with E-state index in [1.54, 1.807) is 0 Å². The lowest BCUT2D eigenvalue weighted by Gasteiger charge is -2.18. The second-order valence-electron chi connectivity index (χ2n) is 20.6. The van der Waals surface area contributed by atoms with Gasteiger partial charge in [-0.1, -0.05) is 276 Å². The Hall–Kier alpha value is -4.71. The van der Waals surface area contributed by atoms with Gasteiger partial charge in [-0.2, -0.15) is 0 Å². The summed E-state index contributed by atoms with van der Waals surface area (Å²) in [6, 6.07) is 0. The van der Waals surface area contributed by atoms with Crippen molar-refractivity contribution >= 4 is 17.9 Å². The zero-order valence-electron chi connectivity index (χ0n) is 50.4. The van der Waals surface area contributed by atoms with E-state index < -0.39 is 6.10 Å². The monoisotopic (exact) mass is 1080 g/mol. The van der Waals surface area contributed by atoms with Gasteiger partial charge in [0.1, 0.15) is 13.2 Å². The first-order valence-corrected chi connectivity index (χ1v) is 31.8. The van der Waals surface area contributed by atoms with Crippen LogP contribution in [0.5, 0.6) is 0 Å². The lowest BCUT2D eigenvalue weighted by atomic mass is 10.1. The van der Waals surface area contributed by atoms with Crippen molar-refractivity contribution in [3.63, 3.8) is 0 Å². The van der Waals surface area contributed by atoms with Crippen LogP contribution in [-0.2, 0) is 28.6 Å². The topological polar surface area (TPSA) is 78.9 Å². The van der Waals surface area contributed by atoms with Gasteiger partial charge in [-0.25, -0.2) is 0 Å². The van der Waals surface area contributed by atoms with Gasteiger partial charge in [0.2, 0.25) is 0 Å².